The van der Waals surface area contributed by atoms with Gasteiger partial charge in [0, 0.05) is 6.54 Å². The predicted octanol–water partition coefficient (Wildman–Crippen LogP) is 2.60. The molecule has 0 saturated carbocycles. The summed E-state index contributed by atoms with van der Waals surface area (Å²) in [6.45, 7) is 7.86. The molecule has 0 aliphatic heterocycles. The molecule has 3 nitrogen and oxygen atoms in total. The van der Waals surface area contributed by atoms with Crippen molar-refractivity contribution in [3.8, 4) is 0 Å². The van der Waals surface area contributed by atoms with Crippen molar-refractivity contribution in [1.82, 2.24) is 4.90 Å². The first-order valence-corrected chi connectivity index (χ1v) is 6.03. The number of rotatable bonds is 6. The summed E-state index contributed by atoms with van der Waals surface area (Å²) in [5.41, 5.74) is 3.69. The molecule has 0 atom stereocenters. The molecule has 1 aromatic carbocycles. The third-order valence-electron chi connectivity index (χ3n) is 2.79. The first kappa shape index (κ1) is 13.7. The lowest BCUT2D eigenvalue weighted by molar-refractivity contribution is -0.138. The number of nitrogens with zero attached hydrogens (tertiary/aromatic N) is 1. The molecule has 0 aliphatic rings. The topological polar surface area (TPSA) is 40.5 Å². The second kappa shape index (κ2) is 6.40. The van der Waals surface area contributed by atoms with Crippen molar-refractivity contribution in [3.05, 3.63) is 34.9 Å². The van der Waals surface area contributed by atoms with Gasteiger partial charge in [-0.15, -0.1) is 0 Å². The minimum absolute atomic E-state index is 0.112. The van der Waals surface area contributed by atoms with Crippen LogP contribution in [0.2, 0.25) is 0 Å². The van der Waals surface area contributed by atoms with Crippen LogP contribution >= 0.6 is 0 Å². The van der Waals surface area contributed by atoms with Gasteiger partial charge in [-0.3, -0.25) is 9.69 Å². The highest BCUT2D eigenvalue weighted by atomic mass is 16.4. The van der Waals surface area contributed by atoms with Crippen LogP contribution in [0.4, 0.5) is 0 Å². The molecule has 0 amide bonds. The molecule has 0 fully saturated rings. The second-order valence-electron chi connectivity index (χ2n) is 4.53. The zero-order valence-electron chi connectivity index (χ0n) is 10.9. The quantitative estimate of drug-likeness (QED) is 0.824. The van der Waals surface area contributed by atoms with Crippen LogP contribution in [0, 0.1) is 13.8 Å². The molecule has 17 heavy (non-hydrogen) atoms. The Morgan fingerprint density at radius 3 is 2.59 bits per heavy atom. The smallest absolute Gasteiger partial charge is 0.317 e. The largest absolute Gasteiger partial charge is 0.480 e. The number of carboxylic acids is 1. The van der Waals surface area contributed by atoms with Gasteiger partial charge >= 0.3 is 5.97 Å². The van der Waals surface area contributed by atoms with Crippen molar-refractivity contribution in [1.29, 1.82) is 0 Å². The van der Waals surface area contributed by atoms with E-state index in [0.29, 0.717) is 6.54 Å². The molecular weight excluding hydrogens is 214 g/mol. The molecule has 0 aliphatic carbocycles. The van der Waals surface area contributed by atoms with Crippen LogP contribution < -0.4 is 0 Å². The first-order chi connectivity index (χ1) is 8.02. The number of aryl methyl sites for hydroxylation is 2. The number of aliphatic carboxylic acids is 1. The van der Waals surface area contributed by atoms with Gasteiger partial charge < -0.3 is 5.11 Å². The van der Waals surface area contributed by atoms with Gasteiger partial charge in [-0.1, -0.05) is 30.7 Å². The van der Waals surface area contributed by atoms with E-state index in [1.54, 1.807) is 0 Å². The molecule has 94 valence electrons. The van der Waals surface area contributed by atoms with Crippen LogP contribution in [0.25, 0.3) is 0 Å². The van der Waals surface area contributed by atoms with Gasteiger partial charge in [0.15, 0.2) is 0 Å². The van der Waals surface area contributed by atoms with Crippen molar-refractivity contribution in [2.45, 2.75) is 33.7 Å². The monoisotopic (exact) mass is 235 g/mol. The Balaban J connectivity index is 2.74. The molecule has 0 aromatic heterocycles. The van der Waals surface area contributed by atoms with E-state index in [4.69, 9.17) is 5.11 Å². The molecule has 1 aromatic rings. The van der Waals surface area contributed by atoms with Gasteiger partial charge in [-0.05, 0) is 37.9 Å². The zero-order valence-corrected chi connectivity index (χ0v) is 10.9. The van der Waals surface area contributed by atoms with Gasteiger partial charge in [0.2, 0.25) is 0 Å². The van der Waals surface area contributed by atoms with Gasteiger partial charge in [0.05, 0.1) is 6.54 Å². The summed E-state index contributed by atoms with van der Waals surface area (Å²) in [6, 6.07) is 6.31. The lowest BCUT2D eigenvalue weighted by Crippen LogP contribution is -2.30. The zero-order chi connectivity index (χ0) is 12.8. The highest BCUT2D eigenvalue weighted by Crippen LogP contribution is 2.13. The summed E-state index contributed by atoms with van der Waals surface area (Å²) in [5.74, 6) is -0.761. The molecule has 0 heterocycles. The Morgan fingerprint density at radius 2 is 2.06 bits per heavy atom. The molecule has 1 rings (SSSR count). The maximum atomic E-state index is 10.8. The van der Waals surface area contributed by atoms with Crippen LogP contribution in [0.15, 0.2) is 18.2 Å². The van der Waals surface area contributed by atoms with E-state index in [9.17, 15) is 4.79 Å². The molecule has 0 unspecified atom stereocenters. The van der Waals surface area contributed by atoms with Crippen molar-refractivity contribution in [3.63, 3.8) is 0 Å². The van der Waals surface area contributed by atoms with E-state index in [-0.39, 0.29) is 6.54 Å². The van der Waals surface area contributed by atoms with Gasteiger partial charge in [-0.2, -0.15) is 0 Å². The number of benzene rings is 1. The molecule has 0 radical (unpaired) electrons. The van der Waals surface area contributed by atoms with E-state index >= 15 is 0 Å². The third kappa shape index (κ3) is 4.57. The summed E-state index contributed by atoms with van der Waals surface area (Å²) in [7, 11) is 0. The maximum absolute atomic E-state index is 10.8. The van der Waals surface area contributed by atoms with E-state index in [1.807, 2.05) is 4.90 Å². The highest BCUT2D eigenvalue weighted by molar-refractivity contribution is 5.69. The fourth-order valence-corrected chi connectivity index (χ4v) is 1.99. The van der Waals surface area contributed by atoms with Crippen molar-refractivity contribution in [2.75, 3.05) is 13.1 Å². The fraction of sp³-hybridized carbons (Fsp3) is 0.500. The average Bonchev–Trinajstić information content (AvgIpc) is 2.21. The second-order valence-corrected chi connectivity index (χ2v) is 4.53. The number of carbonyl (C=O) groups is 1. The minimum atomic E-state index is -0.761. The normalized spacial score (nSPS) is 10.8. The molecule has 0 spiro atoms. The lowest BCUT2D eigenvalue weighted by Gasteiger charge is -2.20. The van der Waals surface area contributed by atoms with Gasteiger partial charge in [0.25, 0.3) is 0 Å². The van der Waals surface area contributed by atoms with Gasteiger partial charge in [0.1, 0.15) is 0 Å². The molecule has 0 bridgehead atoms. The summed E-state index contributed by atoms with van der Waals surface area (Å²) in [4.78, 5) is 12.7. The average molecular weight is 235 g/mol. The standard InChI is InChI=1S/C14H21NO2/c1-4-7-15(10-14(16)17)9-13-6-5-11(2)8-12(13)3/h5-6,8H,4,7,9-10H2,1-3H3,(H,16,17). The summed E-state index contributed by atoms with van der Waals surface area (Å²) >= 11 is 0. The van der Waals surface area contributed by atoms with Gasteiger partial charge in [-0.25, -0.2) is 0 Å². The Hall–Kier alpha value is -1.35. The van der Waals surface area contributed by atoms with Crippen LogP contribution in [0.3, 0.4) is 0 Å². The van der Waals surface area contributed by atoms with Crippen LogP contribution in [-0.2, 0) is 11.3 Å². The Bertz CT molecular complexity index is 388. The molecule has 1 N–H and O–H groups in total. The van der Waals surface area contributed by atoms with E-state index in [1.165, 1.54) is 16.7 Å². The maximum Gasteiger partial charge on any atom is 0.317 e. The van der Waals surface area contributed by atoms with Crippen LogP contribution in [0.5, 0.6) is 0 Å². The van der Waals surface area contributed by atoms with Crippen LogP contribution in [-0.4, -0.2) is 29.1 Å². The number of carboxylic acid groups (broad SMARTS) is 1. The molecule has 3 heteroatoms. The van der Waals surface area contributed by atoms with Crippen molar-refractivity contribution in [2.24, 2.45) is 0 Å². The van der Waals surface area contributed by atoms with E-state index in [2.05, 4.69) is 39.0 Å². The van der Waals surface area contributed by atoms with E-state index in [0.717, 1.165) is 13.0 Å². The lowest BCUT2D eigenvalue weighted by atomic mass is 10.1. The Morgan fingerprint density at radius 1 is 1.35 bits per heavy atom. The van der Waals surface area contributed by atoms with Crippen molar-refractivity contribution < 1.29 is 9.90 Å². The summed E-state index contributed by atoms with van der Waals surface area (Å²) in [5, 5.41) is 8.86. The highest BCUT2D eigenvalue weighted by Gasteiger charge is 2.10. The summed E-state index contributed by atoms with van der Waals surface area (Å²) in [6.07, 6.45) is 0.970. The first-order valence-electron chi connectivity index (χ1n) is 6.03. The number of hydrogen-bond acceptors (Lipinski definition) is 2. The Labute approximate surface area is 103 Å². The fourth-order valence-electron chi connectivity index (χ4n) is 1.99. The van der Waals surface area contributed by atoms with Crippen LogP contribution in [0.1, 0.15) is 30.0 Å². The molecular formula is C14H21NO2. The predicted molar refractivity (Wildman–Crippen MR) is 69.1 cm³/mol. The minimum Gasteiger partial charge on any atom is -0.480 e. The Kier molecular flexibility index (Phi) is 5.16. The number of hydrogen-bond donors (Lipinski definition) is 1. The molecule has 0 saturated heterocycles. The van der Waals surface area contributed by atoms with Crippen molar-refractivity contribution >= 4 is 5.97 Å². The SMILES string of the molecule is CCCN(CC(=O)O)Cc1ccc(C)cc1C. The third-order valence-corrected chi connectivity index (χ3v) is 2.79. The summed E-state index contributed by atoms with van der Waals surface area (Å²) < 4.78 is 0. The van der Waals surface area contributed by atoms with E-state index < -0.39 is 5.97 Å².